The fourth-order valence-corrected chi connectivity index (χ4v) is 2.29. The Labute approximate surface area is 127 Å². The molecule has 0 aromatic carbocycles. The summed E-state index contributed by atoms with van der Waals surface area (Å²) >= 11 is 1.50. The van der Waals surface area contributed by atoms with Crippen molar-refractivity contribution in [3.8, 4) is 11.8 Å². The van der Waals surface area contributed by atoms with Crippen molar-refractivity contribution in [3.63, 3.8) is 0 Å². The van der Waals surface area contributed by atoms with Gasteiger partial charge in [-0.25, -0.2) is 4.98 Å². The van der Waals surface area contributed by atoms with Gasteiger partial charge >= 0.3 is 0 Å². The first-order valence-electron chi connectivity index (χ1n) is 6.45. The highest BCUT2D eigenvalue weighted by atomic mass is 32.1. The third kappa shape index (κ3) is 4.38. The average Bonchev–Trinajstić information content (AvgIpc) is 3.02. The lowest BCUT2D eigenvalue weighted by Crippen LogP contribution is -2.26. The SMILES string of the molecule is CC(NC(=O)c1cncc(C#CCCO)c1)c1nccs1. The second-order valence-electron chi connectivity index (χ2n) is 4.30. The number of nitrogens with zero attached hydrogens (tertiary/aromatic N) is 2. The monoisotopic (exact) mass is 301 g/mol. The minimum Gasteiger partial charge on any atom is -0.395 e. The molecule has 0 saturated carbocycles. The predicted octanol–water partition coefficient (Wildman–Crippen LogP) is 1.76. The van der Waals surface area contributed by atoms with Crippen LogP contribution in [-0.4, -0.2) is 27.6 Å². The first-order valence-corrected chi connectivity index (χ1v) is 7.33. The molecule has 0 aliphatic carbocycles. The number of carbonyl (C=O) groups is 1. The number of pyridine rings is 1. The first kappa shape index (κ1) is 15.2. The van der Waals surface area contributed by atoms with E-state index in [0.29, 0.717) is 17.5 Å². The number of rotatable bonds is 4. The van der Waals surface area contributed by atoms with Crippen molar-refractivity contribution in [2.75, 3.05) is 6.61 Å². The Balaban J connectivity index is 2.06. The molecule has 2 rings (SSSR count). The summed E-state index contributed by atoms with van der Waals surface area (Å²) in [6.07, 6.45) is 5.20. The number of aliphatic hydroxyl groups excluding tert-OH is 1. The van der Waals surface area contributed by atoms with Crippen LogP contribution in [0, 0.1) is 11.8 Å². The van der Waals surface area contributed by atoms with E-state index >= 15 is 0 Å². The minimum atomic E-state index is -0.212. The molecule has 2 aromatic heterocycles. The van der Waals surface area contributed by atoms with Gasteiger partial charge in [0.2, 0.25) is 0 Å². The Morgan fingerprint density at radius 2 is 2.38 bits per heavy atom. The van der Waals surface area contributed by atoms with E-state index in [1.54, 1.807) is 18.5 Å². The van der Waals surface area contributed by atoms with Crippen LogP contribution in [0.15, 0.2) is 30.0 Å². The fraction of sp³-hybridized carbons (Fsp3) is 0.267. The normalized spacial score (nSPS) is 11.3. The summed E-state index contributed by atoms with van der Waals surface area (Å²) in [7, 11) is 0. The molecule has 0 saturated heterocycles. The number of aliphatic hydroxyl groups is 1. The number of nitrogens with one attached hydrogen (secondary N) is 1. The lowest BCUT2D eigenvalue weighted by Gasteiger charge is -2.11. The molecule has 1 unspecified atom stereocenters. The summed E-state index contributed by atoms with van der Waals surface area (Å²) in [6.45, 7) is 1.90. The third-order valence-electron chi connectivity index (χ3n) is 2.64. The van der Waals surface area contributed by atoms with Crippen molar-refractivity contribution in [3.05, 3.63) is 46.2 Å². The molecular weight excluding hydrogens is 286 g/mol. The van der Waals surface area contributed by atoms with Crippen molar-refractivity contribution in [1.82, 2.24) is 15.3 Å². The predicted molar refractivity (Wildman–Crippen MR) is 80.8 cm³/mol. The van der Waals surface area contributed by atoms with Crippen LogP contribution in [0.5, 0.6) is 0 Å². The van der Waals surface area contributed by atoms with E-state index in [-0.39, 0.29) is 18.6 Å². The van der Waals surface area contributed by atoms with Crippen LogP contribution >= 0.6 is 11.3 Å². The Morgan fingerprint density at radius 1 is 1.52 bits per heavy atom. The average molecular weight is 301 g/mol. The molecule has 6 heteroatoms. The molecule has 1 amide bonds. The van der Waals surface area contributed by atoms with Gasteiger partial charge in [-0.15, -0.1) is 11.3 Å². The highest BCUT2D eigenvalue weighted by Crippen LogP contribution is 2.15. The van der Waals surface area contributed by atoms with E-state index in [1.165, 1.54) is 17.5 Å². The largest absolute Gasteiger partial charge is 0.395 e. The molecule has 0 spiro atoms. The van der Waals surface area contributed by atoms with Crippen molar-refractivity contribution in [2.45, 2.75) is 19.4 Å². The first-order chi connectivity index (χ1) is 10.2. The van der Waals surface area contributed by atoms with Gasteiger partial charge in [0.1, 0.15) is 5.01 Å². The molecule has 21 heavy (non-hydrogen) atoms. The minimum absolute atomic E-state index is 0.0198. The number of amides is 1. The molecule has 2 aromatic rings. The second-order valence-corrected chi connectivity index (χ2v) is 5.23. The molecule has 0 aliphatic rings. The molecule has 108 valence electrons. The molecule has 0 bridgehead atoms. The van der Waals surface area contributed by atoms with Gasteiger partial charge in [-0.1, -0.05) is 11.8 Å². The van der Waals surface area contributed by atoms with E-state index < -0.39 is 0 Å². The number of hydrogen-bond donors (Lipinski definition) is 2. The van der Waals surface area contributed by atoms with Gasteiger partial charge in [-0.2, -0.15) is 0 Å². The Morgan fingerprint density at radius 3 is 3.10 bits per heavy atom. The molecule has 0 aliphatic heterocycles. The molecule has 1 atom stereocenters. The van der Waals surface area contributed by atoms with Gasteiger partial charge in [0.15, 0.2) is 0 Å². The van der Waals surface area contributed by atoms with Crippen molar-refractivity contribution in [2.24, 2.45) is 0 Å². The van der Waals surface area contributed by atoms with Crippen LogP contribution in [0.25, 0.3) is 0 Å². The molecule has 0 radical (unpaired) electrons. The van der Waals surface area contributed by atoms with E-state index in [1.807, 2.05) is 12.3 Å². The van der Waals surface area contributed by atoms with E-state index in [0.717, 1.165) is 5.01 Å². The topological polar surface area (TPSA) is 75.1 Å². The van der Waals surface area contributed by atoms with E-state index in [9.17, 15) is 4.79 Å². The van der Waals surface area contributed by atoms with Crippen molar-refractivity contribution in [1.29, 1.82) is 0 Å². The zero-order chi connectivity index (χ0) is 15.1. The zero-order valence-corrected chi connectivity index (χ0v) is 12.4. The highest BCUT2D eigenvalue weighted by Gasteiger charge is 2.13. The summed E-state index contributed by atoms with van der Waals surface area (Å²) in [6, 6.07) is 1.53. The molecule has 0 fully saturated rings. The number of hydrogen-bond acceptors (Lipinski definition) is 5. The molecular formula is C15H15N3O2S. The van der Waals surface area contributed by atoms with E-state index in [2.05, 4.69) is 27.1 Å². The molecule has 2 N–H and O–H groups in total. The summed E-state index contributed by atoms with van der Waals surface area (Å²) in [5.74, 6) is 5.45. The van der Waals surface area contributed by atoms with Crippen LogP contribution in [0.1, 0.15) is 40.3 Å². The smallest absolute Gasteiger partial charge is 0.253 e. The highest BCUT2D eigenvalue weighted by molar-refractivity contribution is 7.09. The maximum atomic E-state index is 12.2. The van der Waals surface area contributed by atoms with Gasteiger partial charge < -0.3 is 10.4 Å². The number of carbonyl (C=O) groups excluding carboxylic acids is 1. The van der Waals surface area contributed by atoms with Crippen LogP contribution < -0.4 is 5.32 Å². The lowest BCUT2D eigenvalue weighted by atomic mass is 10.2. The lowest BCUT2D eigenvalue weighted by molar-refractivity contribution is 0.0939. The van der Waals surface area contributed by atoms with Gasteiger partial charge in [-0.05, 0) is 13.0 Å². The maximum absolute atomic E-state index is 12.2. The van der Waals surface area contributed by atoms with Crippen molar-refractivity contribution < 1.29 is 9.90 Å². The Bertz CT molecular complexity index is 659. The molecule has 5 nitrogen and oxygen atoms in total. The van der Waals surface area contributed by atoms with E-state index in [4.69, 9.17) is 5.11 Å². The van der Waals surface area contributed by atoms with Gasteiger partial charge in [0.25, 0.3) is 5.91 Å². The molecule has 2 heterocycles. The van der Waals surface area contributed by atoms with Crippen LogP contribution in [0.4, 0.5) is 0 Å². The van der Waals surface area contributed by atoms with Crippen LogP contribution in [0.3, 0.4) is 0 Å². The summed E-state index contributed by atoms with van der Waals surface area (Å²) in [4.78, 5) is 20.4. The zero-order valence-electron chi connectivity index (χ0n) is 11.5. The van der Waals surface area contributed by atoms with Gasteiger partial charge in [0.05, 0.1) is 18.2 Å². The third-order valence-corrected chi connectivity index (χ3v) is 3.60. The Kier molecular flexibility index (Phi) is 5.43. The summed E-state index contributed by atoms with van der Waals surface area (Å²) < 4.78 is 0. The quantitative estimate of drug-likeness (QED) is 0.844. The maximum Gasteiger partial charge on any atom is 0.253 e. The number of thiazole rings is 1. The summed E-state index contributed by atoms with van der Waals surface area (Å²) in [5, 5.41) is 14.3. The summed E-state index contributed by atoms with van der Waals surface area (Å²) in [5.41, 5.74) is 1.10. The van der Waals surface area contributed by atoms with Crippen molar-refractivity contribution >= 4 is 17.2 Å². The second kappa shape index (κ2) is 7.53. The van der Waals surface area contributed by atoms with Crippen LogP contribution in [-0.2, 0) is 0 Å². The van der Waals surface area contributed by atoms with Crippen LogP contribution in [0.2, 0.25) is 0 Å². The van der Waals surface area contributed by atoms with Gasteiger partial charge in [-0.3, -0.25) is 9.78 Å². The Hall–Kier alpha value is -2.23. The number of aromatic nitrogens is 2. The standard InChI is InChI=1S/C15H15N3O2S/c1-11(15-17-5-7-21-15)18-14(20)13-8-12(9-16-10-13)4-2-3-6-19/h5,7-11,19H,3,6H2,1H3,(H,18,20). The fourth-order valence-electron chi connectivity index (χ4n) is 1.64. The van der Waals surface area contributed by atoms with Gasteiger partial charge in [0, 0.05) is 36.0 Å².